The Balaban J connectivity index is 2.11. The van der Waals surface area contributed by atoms with Crippen LogP contribution in [0.1, 0.15) is 39.1 Å². The third-order valence-corrected chi connectivity index (χ3v) is 4.01. The van der Waals surface area contributed by atoms with Crippen molar-refractivity contribution in [1.29, 1.82) is 0 Å². The molecule has 0 aliphatic heterocycles. The summed E-state index contributed by atoms with van der Waals surface area (Å²) in [5.74, 6) is -0.127. The minimum Gasteiger partial charge on any atom is -0.494 e. The summed E-state index contributed by atoms with van der Waals surface area (Å²) in [6, 6.07) is 6.92. The molecule has 6 nitrogen and oxygen atoms in total. The van der Waals surface area contributed by atoms with Crippen LogP contribution in [0.15, 0.2) is 24.3 Å². The van der Waals surface area contributed by atoms with Crippen LogP contribution in [0.3, 0.4) is 0 Å². The molecule has 0 fully saturated rings. The van der Waals surface area contributed by atoms with Gasteiger partial charge in [0.1, 0.15) is 10.6 Å². The van der Waals surface area contributed by atoms with Crippen molar-refractivity contribution in [1.82, 2.24) is 4.98 Å². The number of nitrogens with zero attached hydrogens (tertiary/aromatic N) is 1. The Hall–Kier alpha value is -2.41. The zero-order valence-corrected chi connectivity index (χ0v) is 14.0. The first kappa shape index (κ1) is 17.0. The van der Waals surface area contributed by atoms with E-state index >= 15 is 0 Å². The average Bonchev–Trinajstić information content (AvgIpc) is 2.92. The summed E-state index contributed by atoms with van der Waals surface area (Å²) >= 11 is 1.08. The van der Waals surface area contributed by atoms with Crippen LogP contribution in [0.2, 0.25) is 0 Å². The first-order valence-corrected chi connectivity index (χ1v) is 7.96. The fraction of sp³-hybridized carbons (Fsp3) is 0.312. The molecular formula is C16H18N2O4S. The molecule has 2 aromatic rings. The van der Waals surface area contributed by atoms with Crippen molar-refractivity contribution in [3.63, 3.8) is 0 Å². The number of methoxy groups -OCH3 is 1. The Morgan fingerprint density at radius 2 is 2.13 bits per heavy atom. The molecule has 23 heavy (non-hydrogen) atoms. The maximum Gasteiger partial charge on any atom is 0.350 e. The van der Waals surface area contributed by atoms with Crippen molar-refractivity contribution in [3.8, 4) is 5.75 Å². The van der Waals surface area contributed by atoms with Crippen molar-refractivity contribution in [2.45, 2.75) is 20.3 Å². The number of anilines is 1. The number of amides is 1. The highest BCUT2D eigenvalue weighted by Crippen LogP contribution is 2.24. The second-order valence-electron chi connectivity index (χ2n) is 4.76. The Labute approximate surface area is 138 Å². The molecule has 0 saturated heterocycles. The molecule has 0 radical (unpaired) electrons. The normalized spacial score (nSPS) is 10.2. The summed E-state index contributed by atoms with van der Waals surface area (Å²) < 4.78 is 10.2. The zero-order chi connectivity index (χ0) is 16.8. The number of hydrogen-bond donors (Lipinski definition) is 1. The molecule has 122 valence electrons. The second-order valence-corrected chi connectivity index (χ2v) is 5.75. The van der Waals surface area contributed by atoms with Gasteiger partial charge >= 0.3 is 5.97 Å². The van der Waals surface area contributed by atoms with E-state index in [1.165, 1.54) is 7.11 Å². The van der Waals surface area contributed by atoms with Crippen LogP contribution in [-0.2, 0) is 4.74 Å². The molecule has 0 atom stereocenters. The highest BCUT2D eigenvalue weighted by molar-refractivity contribution is 7.17. The quantitative estimate of drug-likeness (QED) is 0.820. The number of esters is 1. The van der Waals surface area contributed by atoms with Gasteiger partial charge in [0.2, 0.25) is 0 Å². The van der Waals surface area contributed by atoms with Gasteiger partial charge in [0.15, 0.2) is 5.13 Å². The van der Waals surface area contributed by atoms with Gasteiger partial charge in [-0.3, -0.25) is 10.1 Å². The number of thiazole rings is 1. The largest absolute Gasteiger partial charge is 0.494 e. The molecule has 1 aromatic carbocycles. The standard InChI is InChI=1S/C16H18N2O4S/c1-4-8-22-12-7-5-6-11(9-12)14(19)18-16-17-10(2)13(23-16)15(20)21-3/h5-7,9H,4,8H2,1-3H3,(H,17,18,19). The summed E-state index contributed by atoms with van der Waals surface area (Å²) in [5.41, 5.74) is 0.989. The van der Waals surface area contributed by atoms with Crippen LogP contribution < -0.4 is 10.1 Å². The number of aromatic nitrogens is 1. The van der Waals surface area contributed by atoms with E-state index < -0.39 is 5.97 Å². The van der Waals surface area contributed by atoms with E-state index in [2.05, 4.69) is 15.0 Å². The van der Waals surface area contributed by atoms with E-state index in [1.807, 2.05) is 6.92 Å². The number of nitrogens with one attached hydrogen (secondary N) is 1. The van der Waals surface area contributed by atoms with Crippen LogP contribution in [0.4, 0.5) is 5.13 Å². The summed E-state index contributed by atoms with van der Waals surface area (Å²) in [6.45, 7) is 4.30. The molecule has 0 aliphatic carbocycles. The first-order chi connectivity index (χ1) is 11.0. The van der Waals surface area contributed by atoms with E-state index in [9.17, 15) is 9.59 Å². The van der Waals surface area contributed by atoms with Crippen molar-refractivity contribution in [2.24, 2.45) is 0 Å². The molecule has 2 rings (SSSR count). The molecule has 0 unspecified atom stereocenters. The first-order valence-electron chi connectivity index (χ1n) is 7.15. The van der Waals surface area contributed by atoms with E-state index in [1.54, 1.807) is 31.2 Å². The molecule has 1 heterocycles. The molecule has 1 aromatic heterocycles. The third-order valence-electron chi connectivity index (χ3n) is 2.96. The lowest BCUT2D eigenvalue weighted by atomic mass is 10.2. The number of hydrogen-bond acceptors (Lipinski definition) is 6. The number of benzene rings is 1. The summed E-state index contributed by atoms with van der Waals surface area (Å²) in [7, 11) is 1.31. The lowest BCUT2D eigenvalue weighted by molar-refractivity contribution is 0.0605. The van der Waals surface area contributed by atoms with Crippen LogP contribution >= 0.6 is 11.3 Å². The zero-order valence-electron chi connectivity index (χ0n) is 13.2. The fourth-order valence-electron chi connectivity index (χ4n) is 1.85. The number of aryl methyl sites for hydroxylation is 1. The smallest absolute Gasteiger partial charge is 0.350 e. The minimum atomic E-state index is -0.463. The monoisotopic (exact) mass is 334 g/mol. The highest BCUT2D eigenvalue weighted by Gasteiger charge is 2.17. The van der Waals surface area contributed by atoms with Crippen molar-refractivity contribution in [3.05, 3.63) is 40.4 Å². The maximum absolute atomic E-state index is 12.3. The highest BCUT2D eigenvalue weighted by atomic mass is 32.1. The van der Waals surface area contributed by atoms with Gasteiger partial charge < -0.3 is 9.47 Å². The molecular weight excluding hydrogens is 316 g/mol. The Kier molecular flexibility index (Phi) is 5.70. The Morgan fingerprint density at radius 3 is 2.83 bits per heavy atom. The maximum atomic E-state index is 12.3. The number of rotatable bonds is 6. The molecule has 1 amide bonds. The molecule has 0 spiro atoms. The summed E-state index contributed by atoms with van der Waals surface area (Å²) in [5, 5.41) is 3.04. The van der Waals surface area contributed by atoms with Crippen LogP contribution in [-0.4, -0.2) is 30.6 Å². The molecule has 0 aliphatic rings. The number of ether oxygens (including phenoxy) is 2. The van der Waals surface area contributed by atoms with Gasteiger partial charge in [0.25, 0.3) is 5.91 Å². The molecule has 0 bridgehead atoms. The van der Waals surface area contributed by atoms with Crippen molar-refractivity contribution < 1.29 is 19.1 Å². The van der Waals surface area contributed by atoms with Gasteiger partial charge in [-0.25, -0.2) is 9.78 Å². The SMILES string of the molecule is CCCOc1cccc(C(=O)Nc2nc(C)c(C(=O)OC)s2)c1. The van der Waals surface area contributed by atoms with E-state index in [4.69, 9.17) is 4.74 Å². The Morgan fingerprint density at radius 1 is 1.35 bits per heavy atom. The van der Waals surface area contributed by atoms with Crippen LogP contribution in [0.25, 0.3) is 0 Å². The predicted octanol–water partition coefficient (Wildman–Crippen LogP) is 3.28. The van der Waals surface area contributed by atoms with Gasteiger partial charge in [0.05, 0.1) is 19.4 Å². The van der Waals surface area contributed by atoms with Gasteiger partial charge in [-0.2, -0.15) is 0 Å². The van der Waals surface area contributed by atoms with Crippen molar-refractivity contribution >= 4 is 28.3 Å². The molecule has 1 N–H and O–H groups in total. The fourth-order valence-corrected chi connectivity index (χ4v) is 2.73. The van der Waals surface area contributed by atoms with Gasteiger partial charge in [-0.1, -0.05) is 24.3 Å². The molecule has 7 heteroatoms. The molecule has 0 saturated carbocycles. The minimum absolute atomic E-state index is 0.308. The lowest BCUT2D eigenvalue weighted by Crippen LogP contribution is -2.11. The van der Waals surface area contributed by atoms with E-state index in [0.717, 1.165) is 17.8 Å². The number of carbonyl (C=O) groups excluding carboxylic acids is 2. The van der Waals surface area contributed by atoms with Gasteiger partial charge in [-0.15, -0.1) is 0 Å². The predicted molar refractivity (Wildman–Crippen MR) is 88.4 cm³/mol. The van der Waals surface area contributed by atoms with Gasteiger partial charge in [0, 0.05) is 5.56 Å². The lowest BCUT2D eigenvalue weighted by Gasteiger charge is -2.06. The summed E-state index contributed by atoms with van der Waals surface area (Å²) in [4.78, 5) is 28.4. The topological polar surface area (TPSA) is 77.5 Å². The van der Waals surface area contributed by atoms with Crippen LogP contribution in [0, 0.1) is 6.92 Å². The van der Waals surface area contributed by atoms with E-state index in [0.29, 0.717) is 33.6 Å². The average molecular weight is 334 g/mol. The Bertz CT molecular complexity index is 712. The van der Waals surface area contributed by atoms with Crippen molar-refractivity contribution in [2.75, 3.05) is 19.0 Å². The van der Waals surface area contributed by atoms with Crippen LogP contribution in [0.5, 0.6) is 5.75 Å². The third kappa shape index (κ3) is 4.29. The van der Waals surface area contributed by atoms with E-state index in [-0.39, 0.29) is 5.91 Å². The van der Waals surface area contributed by atoms with Gasteiger partial charge in [-0.05, 0) is 31.5 Å². The number of carbonyl (C=O) groups is 2. The second kappa shape index (κ2) is 7.73. The summed E-state index contributed by atoms with van der Waals surface area (Å²) in [6.07, 6.45) is 0.894.